The molecule has 0 spiro atoms. The highest BCUT2D eigenvalue weighted by Crippen LogP contribution is 2.10. The lowest BCUT2D eigenvalue weighted by Crippen LogP contribution is -2.57. The average Bonchev–Trinajstić information content (AvgIpc) is 3.04. The van der Waals surface area contributed by atoms with E-state index >= 15 is 0 Å². The molecular weight excluding hydrogens is 308 g/mol. The predicted molar refractivity (Wildman–Crippen MR) is 93.2 cm³/mol. The molecular formula is C17H32N4O3. The van der Waals surface area contributed by atoms with E-state index in [9.17, 15) is 14.4 Å². The van der Waals surface area contributed by atoms with Crippen molar-refractivity contribution in [3.05, 3.63) is 0 Å². The number of amides is 3. The van der Waals surface area contributed by atoms with Gasteiger partial charge in [0.25, 0.3) is 0 Å². The highest BCUT2D eigenvalue weighted by molar-refractivity contribution is 5.93. The summed E-state index contributed by atoms with van der Waals surface area (Å²) in [7, 11) is 1.54. The van der Waals surface area contributed by atoms with Crippen LogP contribution in [-0.4, -0.2) is 49.4 Å². The van der Waals surface area contributed by atoms with Crippen LogP contribution in [0.2, 0.25) is 0 Å². The van der Waals surface area contributed by atoms with Crippen molar-refractivity contribution in [2.24, 2.45) is 11.8 Å². The lowest BCUT2D eigenvalue weighted by molar-refractivity contribution is -0.133. The Morgan fingerprint density at radius 2 is 1.75 bits per heavy atom. The van der Waals surface area contributed by atoms with Crippen LogP contribution in [0.15, 0.2) is 0 Å². The first-order valence-corrected chi connectivity index (χ1v) is 8.82. The number of hydrogen-bond donors (Lipinski definition) is 4. The molecule has 7 heteroatoms. The Hall–Kier alpha value is -1.63. The second kappa shape index (κ2) is 9.61. The van der Waals surface area contributed by atoms with E-state index in [1.54, 1.807) is 7.05 Å². The topological polar surface area (TPSA) is 99.3 Å². The van der Waals surface area contributed by atoms with Crippen molar-refractivity contribution in [3.8, 4) is 0 Å². The van der Waals surface area contributed by atoms with Gasteiger partial charge in [-0.3, -0.25) is 14.4 Å². The van der Waals surface area contributed by atoms with E-state index in [2.05, 4.69) is 21.3 Å². The first-order valence-electron chi connectivity index (χ1n) is 8.82. The molecule has 4 N–H and O–H groups in total. The van der Waals surface area contributed by atoms with Crippen LogP contribution in [-0.2, 0) is 14.4 Å². The molecule has 0 aromatic heterocycles. The van der Waals surface area contributed by atoms with Gasteiger partial charge in [0.15, 0.2) is 0 Å². The Labute approximate surface area is 144 Å². The monoisotopic (exact) mass is 340 g/mol. The lowest BCUT2D eigenvalue weighted by Gasteiger charge is -2.26. The van der Waals surface area contributed by atoms with E-state index in [1.807, 2.05) is 27.7 Å². The van der Waals surface area contributed by atoms with Gasteiger partial charge >= 0.3 is 0 Å². The molecule has 1 aliphatic heterocycles. The fourth-order valence-electron chi connectivity index (χ4n) is 2.83. The van der Waals surface area contributed by atoms with Crippen molar-refractivity contribution in [1.29, 1.82) is 0 Å². The van der Waals surface area contributed by atoms with E-state index in [4.69, 9.17) is 0 Å². The van der Waals surface area contributed by atoms with Gasteiger partial charge in [-0.25, -0.2) is 0 Å². The Kier molecular flexibility index (Phi) is 8.18. The number of nitrogens with one attached hydrogen (secondary N) is 4. The van der Waals surface area contributed by atoms with Crippen LogP contribution in [0.25, 0.3) is 0 Å². The van der Waals surface area contributed by atoms with E-state index in [0.717, 1.165) is 19.4 Å². The number of hydrogen-bond acceptors (Lipinski definition) is 4. The molecule has 0 radical (unpaired) electrons. The first-order chi connectivity index (χ1) is 11.3. The summed E-state index contributed by atoms with van der Waals surface area (Å²) in [6.45, 7) is 8.57. The molecule has 0 aromatic carbocycles. The Morgan fingerprint density at radius 1 is 1.08 bits per heavy atom. The minimum absolute atomic E-state index is 0.0409. The first kappa shape index (κ1) is 20.4. The molecule has 1 heterocycles. The molecule has 1 saturated heterocycles. The second-order valence-corrected chi connectivity index (χ2v) is 7.18. The molecule has 0 saturated carbocycles. The third kappa shape index (κ3) is 6.11. The van der Waals surface area contributed by atoms with Gasteiger partial charge in [0, 0.05) is 7.05 Å². The normalized spacial score (nSPS) is 19.9. The van der Waals surface area contributed by atoms with E-state index < -0.39 is 12.1 Å². The Balaban J connectivity index is 2.75. The minimum Gasteiger partial charge on any atom is -0.357 e. The van der Waals surface area contributed by atoms with Crippen molar-refractivity contribution < 1.29 is 14.4 Å². The van der Waals surface area contributed by atoms with Crippen molar-refractivity contribution >= 4 is 17.7 Å². The summed E-state index contributed by atoms with van der Waals surface area (Å²) in [5.41, 5.74) is 0. The van der Waals surface area contributed by atoms with Crippen LogP contribution >= 0.6 is 0 Å². The fourth-order valence-corrected chi connectivity index (χ4v) is 2.83. The van der Waals surface area contributed by atoms with Gasteiger partial charge in [0.05, 0.1) is 6.04 Å². The summed E-state index contributed by atoms with van der Waals surface area (Å²) in [4.78, 5) is 36.9. The number of carbonyl (C=O) groups is 3. The van der Waals surface area contributed by atoms with Gasteiger partial charge in [-0.15, -0.1) is 0 Å². The summed E-state index contributed by atoms with van der Waals surface area (Å²) < 4.78 is 0. The molecule has 0 bridgehead atoms. The van der Waals surface area contributed by atoms with Gasteiger partial charge in [-0.1, -0.05) is 27.7 Å². The van der Waals surface area contributed by atoms with Crippen LogP contribution in [0.3, 0.4) is 0 Å². The lowest BCUT2D eigenvalue weighted by atomic mass is 9.99. The van der Waals surface area contributed by atoms with Gasteiger partial charge in [0.2, 0.25) is 17.7 Å². The zero-order valence-corrected chi connectivity index (χ0v) is 15.4. The maximum Gasteiger partial charge on any atom is 0.243 e. The molecule has 0 aliphatic carbocycles. The average molecular weight is 340 g/mol. The van der Waals surface area contributed by atoms with Crippen molar-refractivity contribution in [2.75, 3.05) is 13.6 Å². The zero-order chi connectivity index (χ0) is 18.3. The van der Waals surface area contributed by atoms with Crippen LogP contribution in [0.1, 0.15) is 47.0 Å². The second-order valence-electron chi connectivity index (χ2n) is 7.18. The van der Waals surface area contributed by atoms with Crippen LogP contribution in [0.4, 0.5) is 0 Å². The highest BCUT2D eigenvalue weighted by atomic mass is 16.2. The smallest absolute Gasteiger partial charge is 0.243 e. The fraction of sp³-hybridized carbons (Fsp3) is 0.824. The summed E-state index contributed by atoms with van der Waals surface area (Å²) in [6.07, 6.45) is 2.28. The maximum absolute atomic E-state index is 12.6. The van der Waals surface area contributed by atoms with E-state index in [0.29, 0.717) is 6.42 Å². The number of likely N-dealkylation sites (N-methyl/N-ethyl adjacent to an activating group) is 1. The Bertz CT molecular complexity index is 445. The third-order valence-electron chi connectivity index (χ3n) is 4.21. The SMILES string of the molecule is CNC(=O)C(NC(=O)C(CC(C)C)NC(=O)[C@@H]1CCCN1)C(C)C. The molecule has 0 aromatic rings. The van der Waals surface area contributed by atoms with Gasteiger partial charge < -0.3 is 21.3 Å². The summed E-state index contributed by atoms with van der Waals surface area (Å²) in [5.74, 6) is -0.479. The minimum atomic E-state index is -0.634. The van der Waals surface area contributed by atoms with Crippen molar-refractivity contribution in [2.45, 2.75) is 65.1 Å². The summed E-state index contributed by atoms with van der Waals surface area (Å²) in [5, 5.41) is 11.3. The van der Waals surface area contributed by atoms with Gasteiger partial charge in [-0.2, -0.15) is 0 Å². The molecule has 1 rings (SSSR count). The summed E-state index contributed by atoms with van der Waals surface area (Å²) >= 11 is 0. The molecule has 1 fully saturated rings. The van der Waals surface area contributed by atoms with E-state index in [-0.39, 0.29) is 35.6 Å². The standard InChI is InChI=1S/C17H32N4O3/c1-10(2)9-13(20-15(22)12-7-6-8-19-12)16(23)21-14(11(3)4)17(24)18-5/h10-14,19H,6-9H2,1-5H3,(H,18,24)(H,20,22)(H,21,23)/t12-,13?,14?/m0/s1. The number of carbonyl (C=O) groups excluding carboxylic acids is 3. The van der Waals surface area contributed by atoms with Crippen LogP contribution in [0, 0.1) is 11.8 Å². The molecule has 3 atom stereocenters. The predicted octanol–water partition coefficient (Wildman–Crippen LogP) is 0.156. The molecule has 3 amide bonds. The zero-order valence-electron chi connectivity index (χ0n) is 15.4. The molecule has 1 aliphatic rings. The largest absolute Gasteiger partial charge is 0.357 e. The summed E-state index contributed by atoms with van der Waals surface area (Å²) in [6, 6.07) is -1.48. The Morgan fingerprint density at radius 3 is 2.21 bits per heavy atom. The molecule has 24 heavy (non-hydrogen) atoms. The molecule has 138 valence electrons. The third-order valence-corrected chi connectivity index (χ3v) is 4.21. The van der Waals surface area contributed by atoms with Crippen LogP contribution < -0.4 is 21.3 Å². The van der Waals surface area contributed by atoms with Crippen molar-refractivity contribution in [1.82, 2.24) is 21.3 Å². The molecule has 2 unspecified atom stereocenters. The molecule has 7 nitrogen and oxygen atoms in total. The van der Waals surface area contributed by atoms with Crippen molar-refractivity contribution in [3.63, 3.8) is 0 Å². The van der Waals surface area contributed by atoms with Gasteiger partial charge in [-0.05, 0) is 37.6 Å². The highest BCUT2D eigenvalue weighted by Gasteiger charge is 2.31. The quantitative estimate of drug-likeness (QED) is 0.506. The maximum atomic E-state index is 12.6. The van der Waals surface area contributed by atoms with E-state index in [1.165, 1.54) is 0 Å². The van der Waals surface area contributed by atoms with Crippen LogP contribution in [0.5, 0.6) is 0 Å². The number of rotatable bonds is 8. The van der Waals surface area contributed by atoms with Gasteiger partial charge in [0.1, 0.15) is 12.1 Å².